The molecule has 2 aliphatic rings. The third-order valence-electron chi connectivity index (χ3n) is 5.63. The first-order valence-electron chi connectivity index (χ1n) is 9.97. The van der Waals surface area contributed by atoms with Crippen LogP contribution in [0.5, 0.6) is 0 Å². The molecule has 1 N–H and O–H groups in total. The van der Waals surface area contributed by atoms with Crippen LogP contribution in [0.3, 0.4) is 0 Å². The number of rotatable bonds is 5. The highest BCUT2D eigenvalue weighted by Crippen LogP contribution is 2.29. The van der Waals surface area contributed by atoms with Crippen LogP contribution in [0, 0.1) is 5.92 Å². The number of benzene rings is 1. The minimum atomic E-state index is -0.501. The molecule has 0 spiro atoms. The highest BCUT2D eigenvalue weighted by Gasteiger charge is 2.42. The van der Waals surface area contributed by atoms with Crippen LogP contribution in [0.4, 0.5) is 10.8 Å². The van der Waals surface area contributed by atoms with Gasteiger partial charge in [-0.1, -0.05) is 19.1 Å². The molecule has 4 rings (SSSR count). The van der Waals surface area contributed by atoms with Crippen molar-refractivity contribution in [1.29, 1.82) is 0 Å². The maximum Gasteiger partial charge on any atom is 0.248 e. The van der Waals surface area contributed by atoms with Crippen molar-refractivity contribution in [2.75, 3.05) is 23.3 Å². The van der Waals surface area contributed by atoms with Crippen molar-refractivity contribution >= 4 is 39.9 Å². The molecule has 0 aliphatic carbocycles. The van der Waals surface area contributed by atoms with Crippen LogP contribution in [0.15, 0.2) is 35.8 Å². The number of amides is 3. The number of likely N-dealkylation sites (tertiary alicyclic amines) is 1. The maximum absolute atomic E-state index is 13.1. The molecule has 2 atom stereocenters. The van der Waals surface area contributed by atoms with Crippen molar-refractivity contribution in [2.24, 2.45) is 5.92 Å². The van der Waals surface area contributed by atoms with E-state index in [0.29, 0.717) is 24.6 Å². The fourth-order valence-corrected chi connectivity index (χ4v) is 4.58. The second-order valence-corrected chi connectivity index (χ2v) is 8.34. The molecule has 0 unspecified atom stereocenters. The van der Waals surface area contributed by atoms with Crippen LogP contribution in [0.2, 0.25) is 0 Å². The normalized spacial score (nSPS) is 21.6. The van der Waals surface area contributed by atoms with Crippen molar-refractivity contribution < 1.29 is 14.4 Å². The lowest BCUT2D eigenvalue weighted by molar-refractivity contribution is -0.140. The highest BCUT2D eigenvalue weighted by atomic mass is 32.1. The second kappa shape index (κ2) is 8.32. The number of nitrogens with zero attached hydrogens (tertiary/aromatic N) is 3. The predicted molar refractivity (Wildman–Crippen MR) is 112 cm³/mol. The standard InChI is InChI=1S/C21H24N4O3S/c1-2-14-5-7-16(8-6-14)25-13-15(12-18(25)26)20(28)24-10-3-4-17(24)19(27)23-21-22-9-11-29-21/h5-9,11,15,17H,2-4,10,12-13H2,1H3,(H,22,23,27)/t15-,17+/m0/s1. The van der Waals surface area contributed by atoms with Gasteiger partial charge >= 0.3 is 0 Å². The van der Waals surface area contributed by atoms with E-state index in [1.54, 1.807) is 21.4 Å². The number of anilines is 2. The first kappa shape index (κ1) is 19.6. The van der Waals surface area contributed by atoms with Crippen molar-refractivity contribution in [3.63, 3.8) is 0 Å². The number of hydrogen-bond donors (Lipinski definition) is 1. The zero-order chi connectivity index (χ0) is 20.4. The molecule has 2 aliphatic heterocycles. The number of carbonyl (C=O) groups excluding carboxylic acids is 3. The van der Waals surface area contributed by atoms with Gasteiger partial charge in [-0.3, -0.25) is 14.4 Å². The Morgan fingerprint density at radius 1 is 1.28 bits per heavy atom. The Bertz CT molecular complexity index is 897. The molecule has 0 saturated carbocycles. The minimum Gasteiger partial charge on any atom is -0.330 e. The summed E-state index contributed by atoms with van der Waals surface area (Å²) in [5.74, 6) is -0.776. The predicted octanol–water partition coefficient (Wildman–Crippen LogP) is 2.69. The molecule has 7 nitrogen and oxygen atoms in total. The average molecular weight is 413 g/mol. The fraction of sp³-hybridized carbons (Fsp3) is 0.429. The van der Waals surface area contributed by atoms with Crippen LogP contribution < -0.4 is 10.2 Å². The molecule has 8 heteroatoms. The van der Waals surface area contributed by atoms with Gasteiger partial charge in [0.1, 0.15) is 6.04 Å². The third kappa shape index (κ3) is 4.03. The summed E-state index contributed by atoms with van der Waals surface area (Å²) in [4.78, 5) is 45.7. The topological polar surface area (TPSA) is 82.6 Å². The van der Waals surface area contributed by atoms with E-state index in [2.05, 4.69) is 17.2 Å². The first-order chi connectivity index (χ1) is 14.1. The van der Waals surface area contributed by atoms with Crippen LogP contribution in [-0.4, -0.2) is 46.7 Å². The molecule has 3 amide bonds. The smallest absolute Gasteiger partial charge is 0.248 e. The van der Waals surface area contributed by atoms with E-state index in [9.17, 15) is 14.4 Å². The van der Waals surface area contributed by atoms with E-state index in [1.807, 2.05) is 24.3 Å². The van der Waals surface area contributed by atoms with E-state index in [4.69, 9.17) is 0 Å². The highest BCUT2D eigenvalue weighted by molar-refractivity contribution is 7.13. The zero-order valence-electron chi connectivity index (χ0n) is 16.3. The molecular formula is C21H24N4O3S. The first-order valence-corrected chi connectivity index (χ1v) is 10.8. The molecule has 2 saturated heterocycles. The number of hydrogen-bond acceptors (Lipinski definition) is 5. The van der Waals surface area contributed by atoms with Crippen LogP contribution in [-0.2, 0) is 20.8 Å². The number of carbonyl (C=O) groups is 3. The van der Waals surface area contributed by atoms with Crippen LogP contribution >= 0.6 is 11.3 Å². The fourth-order valence-electron chi connectivity index (χ4n) is 4.05. The van der Waals surface area contributed by atoms with Gasteiger partial charge in [0, 0.05) is 36.8 Å². The van der Waals surface area contributed by atoms with Gasteiger partial charge in [-0.25, -0.2) is 4.98 Å². The molecule has 29 heavy (non-hydrogen) atoms. The lowest BCUT2D eigenvalue weighted by Crippen LogP contribution is -2.46. The Morgan fingerprint density at radius 3 is 2.76 bits per heavy atom. The summed E-state index contributed by atoms with van der Waals surface area (Å²) in [6, 6.07) is 7.39. The Kier molecular flexibility index (Phi) is 5.62. The molecule has 0 bridgehead atoms. The van der Waals surface area contributed by atoms with Gasteiger partial charge in [0.15, 0.2) is 5.13 Å². The Labute approximate surface area is 173 Å². The average Bonchev–Trinajstić information content (AvgIpc) is 3.48. The van der Waals surface area contributed by atoms with Gasteiger partial charge in [0.05, 0.1) is 5.92 Å². The Morgan fingerprint density at radius 2 is 2.07 bits per heavy atom. The maximum atomic E-state index is 13.1. The lowest BCUT2D eigenvalue weighted by Gasteiger charge is -2.26. The molecule has 2 fully saturated rings. The molecule has 3 heterocycles. The molecule has 0 radical (unpaired) electrons. The molecule has 1 aromatic heterocycles. The molecule has 2 aromatic rings. The van der Waals surface area contributed by atoms with Crippen LogP contribution in [0.1, 0.15) is 31.7 Å². The Balaban J connectivity index is 1.43. The van der Waals surface area contributed by atoms with Gasteiger partial charge in [0.2, 0.25) is 17.7 Å². The van der Waals surface area contributed by atoms with E-state index < -0.39 is 12.0 Å². The lowest BCUT2D eigenvalue weighted by atomic mass is 10.1. The number of aromatic nitrogens is 1. The zero-order valence-corrected chi connectivity index (χ0v) is 17.2. The molecular weight excluding hydrogens is 388 g/mol. The number of nitrogens with one attached hydrogen (secondary N) is 1. The summed E-state index contributed by atoms with van der Waals surface area (Å²) in [7, 11) is 0. The summed E-state index contributed by atoms with van der Waals surface area (Å²) in [6.07, 6.45) is 4.17. The van der Waals surface area contributed by atoms with Gasteiger partial charge in [-0.05, 0) is 37.0 Å². The monoisotopic (exact) mass is 412 g/mol. The van der Waals surface area contributed by atoms with Gasteiger partial charge in [-0.15, -0.1) is 11.3 Å². The molecule has 1 aromatic carbocycles. The summed E-state index contributed by atoms with van der Waals surface area (Å²) in [5, 5.41) is 5.12. The van der Waals surface area contributed by atoms with E-state index >= 15 is 0 Å². The van der Waals surface area contributed by atoms with E-state index in [0.717, 1.165) is 18.5 Å². The number of aryl methyl sites for hydroxylation is 1. The number of thiazole rings is 1. The van der Waals surface area contributed by atoms with Crippen molar-refractivity contribution in [1.82, 2.24) is 9.88 Å². The largest absolute Gasteiger partial charge is 0.330 e. The quantitative estimate of drug-likeness (QED) is 0.819. The summed E-state index contributed by atoms with van der Waals surface area (Å²) in [6.45, 7) is 2.99. The summed E-state index contributed by atoms with van der Waals surface area (Å²) in [5.41, 5.74) is 2.03. The third-order valence-corrected chi connectivity index (χ3v) is 6.32. The van der Waals surface area contributed by atoms with Crippen molar-refractivity contribution in [3.05, 3.63) is 41.4 Å². The molecule has 152 valence electrons. The van der Waals surface area contributed by atoms with E-state index in [-0.39, 0.29) is 24.1 Å². The van der Waals surface area contributed by atoms with Gasteiger partial charge in [0.25, 0.3) is 0 Å². The SMILES string of the molecule is CCc1ccc(N2C[C@@H](C(=O)N3CCC[C@@H]3C(=O)Nc3nccs3)CC2=O)cc1. The summed E-state index contributed by atoms with van der Waals surface area (Å²) >= 11 is 1.35. The van der Waals surface area contributed by atoms with Crippen LogP contribution in [0.25, 0.3) is 0 Å². The van der Waals surface area contributed by atoms with Crippen molar-refractivity contribution in [3.8, 4) is 0 Å². The van der Waals surface area contributed by atoms with Crippen molar-refractivity contribution in [2.45, 2.75) is 38.6 Å². The minimum absolute atomic E-state index is 0.0458. The summed E-state index contributed by atoms with van der Waals surface area (Å²) < 4.78 is 0. The van der Waals surface area contributed by atoms with Gasteiger partial charge in [-0.2, -0.15) is 0 Å². The second-order valence-electron chi connectivity index (χ2n) is 7.44. The van der Waals surface area contributed by atoms with E-state index in [1.165, 1.54) is 16.9 Å². The Hall–Kier alpha value is -2.74. The van der Waals surface area contributed by atoms with Gasteiger partial charge < -0.3 is 15.1 Å².